The van der Waals surface area contributed by atoms with Crippen LogP contribution in [0, 0.1) is 0 Å². The van der Waals surface area contributed by atoms with E-state index >= 15 is 0 Å². The lowest BCUT2D eigenvalue weighted by molar-refractivity contribution is -0.148. The van der Waals surface area contributed by atoms with Gasteiger partial charge >= 0.3 is 5.97 Å². The van der Waals surface area contributed by atoms with Gasteiger partial charge in [0.25, 0.3) is 0 Å². The summed E-state index contributed by atoms with van der Waals surface area (Å²) >= 11 is 0. The van der Waals surface area contributed by atoms with Crippen LogP contribution in [0.25, 0.3) is 0 Å². The van der Waals surface area contributed by atoms with Crippen LogP contribution >= 0.6 is 0 Å². The summed E-state index contributed by atoms with van der Waals surface area (Å²) in [7, 11) is -1.63. The quantitative estimate of drug-likeness (QED) is 0.309. The van der Waals surface area contributed by atoms with Crippen molar-refractivity contribution in [2.24, 2.45) is 0 Å². The molecule has 4 heteroatoms. The zero-order chi connectivity index (χ0) is 16.0. The average Bonchev–Trinajstić information content (AvgIpc) is 2.18. The molecule has 0 aromatic heterocycles. The van der Waals surface area contributed by atoms with E-state index in [1.165, 1.54) is 6.08 Å². The van der Waals surface area contributed by atoms with Crippen molar-refractivity contribution in [3.05, 3.63) is 12.2 Å². The summed E-state index contributed by atoms with van der Waals surface area (Å²) in [5.41, 5.74) is -0.424. The van der Waals surface area contributed by atoms with E-state index in [9.17, 15) is 4.79 Å². The maximum atomic E-state index is 11.4. The molecular weight excluding hydrogens is 268 g/mol. The maximum Gasteiger partial charge on any atom is 0.330 e. The van der Waals surface area contributed by atoms with Gasteiger partial charge in [0.2, 0.25) is 0 Å². The molecule has 0 bridgehead atoms. The molecule has 0 aliphatic heterocycles. The number of rotatable bonds is 6. The minimum Gasteiger partial charge on any atom is -0.457 e. The first-order chi connectivity index (χ1) is 8.85. The molecule has 0 amide bonds. The number of esters is 1. The molecule has 0 rings (SSSR count). The summed E-state index contributed by atoms with van der Waals surface area (Å²) < 4.78 is 11.3. The van der Waals surface area contributed by atoms with E-state index in [0.717, 1.165) is 19.4 Å². The SMILES string of the molecule is CC(C)(C)OC(=O)/C=C/CCCO[Si](C)(C)C(C)(C)C. The van der Waals surface area contributed by atoms with Gasteiger partial charge in [0.05, 0.1) is 0 Å². The molecule has 0 N–H and O–H groups in total. The van der Waals surface area contributed by atoms with Crippen molar-refractivity contribution in [3.63, 3.8) is 0 Å². The van der Waals surface area contributed by atoms with Crippen molar-refractivity contribution in [3.8, 4) is 0 Å². The van der Waals surface area contributed by atoms with Gasteiger partial charge in [-0.2, -0.15) is 0 Å². The van der Waals surface area contributed by atoms with Crippen LogP contribution in [0.5, 0.6) is 0 Å². The molecule has 0 aromatic rings. The number of hydrogen-bond donors (Lipinski definition) is 0. The van der Waals surface area contributed by atoms with E-state index in [1.54, 1.807) is 0 Å². The maximum absolute atomic E-state index is 11.4. The van der Waals surface area contributed by atoms with Gasteiger partial charge in [0, 0.05) is 12.7 Å². The Bertz CT molecular complexity index is 333. The van der Waals surface area contributed by atoms with Gasteiger partial charge < -0.3 is 9.16 Å². The molecule has 0 saturated heterocycles. The van der Waals surface area contributed by atoms with E-state index in [2.05, 4.69) is 33.9 Å². The van der Waals surface area contributed by atoms with E-state index in [-0.39, 0.29) is 11.0 Å². The fourth-order valence-corrected chi connectivity index (χ4v) is 2.35. The minimum atomic E-state index is -1.63. The molecule has 0 aromatic carbocycles. The van der Waals surface area contributed by atoms with Crippen molar-refractivity contribution in [1.29, 1.82) is 0 Å². The van der Waals surface area contributed by atoms with Crippen molar-refractivity contribution >= 4 is 14.3 Å². The zero-order valence-electron chi connectivity index (χ0n) is 14.5. The largest absolute Gasteiger partial charge is 0.457 e. The summed E-state index contributed by atoms with van der Waals surface area (Å²) in [5.74, 6) is -0.275. The highest BCUT2D eigenvalue weighted by Crippen LogP contribution is 2.36. The van der Waals surface area contributed by atoms with Gasteiger partial charge in [-0.15, -0.1) is 0 Å². The van der Waals surface area contributed by atoms with Gasteiger partial charge in [-0.3, -0.25) is 0 Å². The van der Waals surface area contributed by atoms with Crippen LogP contribution in [0.3, 0.4) is 0 Å². The standard InChI is InChI=1S/C16H32O3Si/c1-15(2,3)19-14(17)12-10-9-11-13-18-20(7,8)16(4,5)6/h10,12H,9,11,13H2,1-8H3/b12-10+. The van der Waals surface area contributed by atoms with Crippen LogP contribution in [0.15, 0.2) is 12.2 Å². The molecule has 0 aliphatic carbocycles. The van der Waals surface area contributed by atoms with Crippen LogP contribution in [0.2, 0.25) is 18.1 Å². The Morgan fingerprint density at radius 2 is 1.65 bits per heavy atom. The summed E-state index contributed by atoms with van der Waals surface area (Å²) in [6, 6.07) is 0. The van der Waals surface area contributed by atoms with Crippen LogP contribution in [0.4, 0.5) is 0 Å². The third-order valence-electron chi connectivity index (χ3n) is 3.44. The molecule has 0 spiro atoms. The van der Waals surface area contributed by atoms with Gasteiger partial charge in [-0.25, -0.2) is 4.79 Å². The van der Waals surface area contributed by atoms with Crippen molar-refractivity contribution in [2.45, 2.75) is 78.1 Å². The van der Waals surface area contributed by atoms with E-state index in [4.69, 9.17) is 9.16 Å². The Morgan fingerprint density at radius 1 is 1.10 bits per heavy atom. The molecule has 0 heterocycles. The fourth-order valence-electron chi connectivity index (χ4n) is 1.26. The smallest absolute Gasteiger partial charge is 0.330 e. The van der Waals surface area contributed by atoms with Gasteiger partial charge in [-0.05, 0) is 51.7 Å². The first-order valence-corrected chi connectivity index (χ1v) is 10.3. The number of unbranched alkanes of at least 4 members (excludes halogenated alkanes) is 1. The Balaban J connectivity index is 3.91. The van der Waals surface area contributed by atoms with E-state index in [1.807, 2.05) is 26.8 Å². The normalized spacial score (nSPS) is 13.8. The molecular formula is C16H32O3Si. The predicted molar refractivity (Wildman–Crippen MR) is 87.4 cm³/mol. The molecule has 20 heavy (non-hydrogen) atoms. The highest BCUT2D eigenvalue weighted by molar-refractivity contribution is 6.74. The zero-order valence-corrected chi connectivity index (χ0v) is 15.5. The Labute approximate surface area is 125 Å². The number of hydrogen-bond acceptors (Lipinski definition) is 3. The molecule has 118 valence electrons. The van der Waals surface area contributed by atoms with Crippen LogP contribution in [-0.4, -0.2) is 26.5 Å². The van der Waals surface area contributed by atoms with Crippen molar-refractivity contribution in [1.82, 2.24) is 0 Å². The number of carbonyl (C=O) groups excluding carboxylic acids is 1. The van der Waals surface area contributed by atoms with E-state index < -0.39 is 13.9 Å². The lowest BCUT2D eigenvalue weighted by Crippen LogP contribution is -2.40. The highest BCUT2D eigenvalue weighted by atomic mass is 28.4. The Morgan fingerprint density at radius 3 is 2.10 bits per heavy atom. The fraction of sp³-hybridized carbons (Fsp3) is 0.812. The summed E-state index contributed by atoms with van der Waals surface area (Å²) in [6.07, 6.45) is 5.15. The number of allylic oxidation sites excluding steroid dienone is 1. The summed E-state index contributed by atoms with van der Waals surface area (Å²) in [4.78, 5) is 11.4. The molecule has 3 nitrogen and oxygen atoms in total. The highest BCUT2D eigenvalue weighted by Gasteiger charge is 2.36. The Hall–Kier alpha value is -0.613. The monoisotopic (exact) mass is 300 g/mol. The van der Waals surface area contributed by atoms with Crippen molar-refractivity contribution in [2.75, 3.05) is 6.61 Å². The summed E-state index contributed by atoms with van der Waals surface area (Å²) in [6.45, 7) is 17.6. The molecule has 0 aliphatic rings. The molecule has 0 fully saturated rings. The average molecular weight is 301 g/mol. The van der Waals surface area contributed by atoms with Gasteiger partial charge in [-0.1, -0.05) is 26.8 Å². The lowest BCUT2D eigenvalue weighted by Gasteiger charge is -2.36. The first kappa shape index (κ1) is 19.4. The molecule has 0 radical (unpaired) electrons. The number of carbonyl (C=O) groups is 1. The molecule has 0 unspecified atom stereocenters. The predicted octanol–water partition coefficient (Wildman–Crippen LogP) is 4.69. The second-order valence-electron chi connectivity index (χ2n) is 7.69. The minimum absolute atomic E-state index is 0.249. The topological polar surface area (TPSA) is 35.5 Å². The Kier molecular flexibility index (Phi) is 7.18. The molecule has 0 atom stereocenters. The second-order valence-corrected chi connectivity index (χ2v) is 12.5. The van der Waals surface area contributed by atoms with Crippen LogP contribution in [-0.2, 0) is 14.0 Å². The van der Waals surface area contributed by atoms with E-state index in [0.29, 0.717) is 0 Å². The third kappa shape index (κ3) is 8.54. The van der Waals surface area contributed by atoms with Gasteiger partial charge in [0.15, 0.2) is 8.32 Å². The van der Waals surface area contributed by atoms with Crippen LogP contribution in [0.1, 0.15) is 54.4 Å². The van der Waals surface area contributed by atoms with Crippen molar-refractivity contribution < 1.29 is 14.0 Å². The number of ether oxygens (including phenoxy) is 1. The third-order valence-corrected chi connectivity index (χ3v) is 7.98. The van der Waals surface area contributed by atoms with Crippen LogP contribution < -0.4 is 0 Å². The molecule has 0 saturated carbocycles. The lowest BCUT2D eigenvalue weighted by atomic mass is 10.2. The summed E-state index contributed by atoms with van der Waals surface area (Å²) in [5, 5.41) is 0.249. The van der Waals surface area contributed by atoms with Gasteiger partial charge in [0.1, 0.15) is 5.60 Å². The first-order valence-electron chi connectivity index (χ1n) is 7.39. The second kappa shape index (κ2) is 7.41.